The highest BCUT2D eigenvalue weighted by Crippen LogP contribution is 2.21. The molecule has 6 nitrogen and oxygen atoms in total. The minimum Gasteiger partial charge on any atom is -0.493 e. The van der Waals surface area contributed by atoms with E-state index in [-0.39, 0.29) is 11.8 Å². The molecule has 0 radical (unpaired) electrons. The molecule has 154 valence electrons. The highest BCUT2D eigenvalue weighted by atomic mass is 16.5. The molecule has 1 aliphatic heterocycles. The van der Waals surface area contributed by atoms with Crippen molar-refractivity contribution in [2.45, 2.75) is 19.8 Å². The zero-order chi connectivity index (χ0) is 20.6. The monoisotopic (exact) mass is 395 g/mol. The van der Waals surface area contributed by atoms with Crippen molar-refractivity contribution < 1.29 is 14.3 Å². The van der Waals surface area contributed by atoms with E-state index in [1.54, 1.807) is 36.4 Å². The van der Waals surface area contributed by atoms with Gasteiger partial charge in [0, 0.05) is 37.4 Å². The minimum absolute atomic E-state index is 0.00232. The van der Waals surface area contributed by atoms with Crippen LogP contribution in [0.2, 0.25) is 0 Å². The van der Waals surface area contributed by atoms with E-state index in [0.29, 0.717) is 42.3 Å². The van der Waals surface area contributed by atoms with E-state index in [9.17, 15) is 9.59 Å². The van der Waals surface area contributed by atoms with Crippen molar-refractivity contribution in [1.29, 1.82) is 0 Å². The number of amides is 2. The Kier molecular flexibility index (Phi) is 7.25. The van der Waals surface area contributed by atoms with Crippen LogP contribution < -0.4 is 10.1 Å². The molecule has 6 heteroatoms. The summed E-state index contributed by atoms with van der Waals surface area (Å²) >= 11 is 0. The first kappa shape index (κ1) is 20.9. The second kappa shape index (κ2) is 10.1. The van der Waals surface area contributed by atoms with Gasteiger partial charge < -0.3 is 19.9 Å². The van der Waals surface area contributed by atoms with Crippen LogP contribution in [0.4, 0.5) is 5.69 Å². The molecule has 3 rings (SSSR count). The topological polar surface area (TPSA) is 61.9 Å². The molecule has 1 fully saturated rings. The maximum absolute atomic E-state index is 12.8. The van der Waals surface area contributed by atoms with Crippen LogP contribution in [0.15, 0.2) is 48.5 Å². The van der Waals surface area contributed by atoms with E-state index in [2.05, 4.69) is 24.2 Å². The fourth-order valence-corrected chi connectivity index (χ4v) is 3.23. The first-order chi connectivity index (χ1) is 14.1. The molecule has 0 unspecified atom stereocenters. The molecule has 0 spiro atoms. The normalized spacial score (nSPS) is 14.5. The lowest BCUT2D eigenvalue weighted by Crippen LogP contribution is -2.47. The van der Waals surface area contributed by atoms with Gasteiger partial charge in [-0.15, -0.1) is 0 Å². The van der Waals surface area contributed by atoms with Crippen molar-refractivity contribution in [2.24, 2.45) is 0 Å². The van der Waals surface area contributed by atoms with Crippen LogP contribution in [0.3, 0.4) is 0 Å². The van der Waals surface area contributed by atoms with Crippen LogP contribution >= 0.6 is 0 Å². The summed E-state index contributed by atoms with van der Waals surface area (Å²) < 4.78 is 5.76. The molecule has 29 heavy (non-hydrogen) atoms. The summed E-state index contributed by atoms with van der Waals surface area (Å²) in [6.07, 6.45) is 1.97. The number of likely N-dealkylation sites (N-methyl/N-ethyl adjacent to an activating group) is 1. The molecule has 0 saturated carbocycles. The predicted molar refractivity (Wildman–Crippen MR) is 115 cm³/mol. The van der Waals surface area contributed by atoms with Crippen LogP contribution in [0.5, 0.6) is 5.75 Å². The van der Waals surface area contributed by atoms with Gasteiger partial charge in [0.05, 0.1) is 12.2 Å². The average molecular weight is 396 g/mol. The van der Waals surface area contributed by atoms with Gasteiger partial charge in [-0.05, 0) is 43.8 Å². The number of nitrogens with one attached hydrogen (secondary N) is 1. The number of nitrogens with zero attached hydrogens (tertiary/aromatic N) is 2. The molecule has 0 atom stereocenters. The zero-order valence-corrected chi connectivity index (χ0v) is 17.2. The number of para-hydroxylation sites is 1. The molecule has 2 amide bonds. The molecule has 1 saturated heterocycles. The summed E-state index contributed by atoms with van der Waals surface area (Å²) in [5, 5.41) is 2.90. The first-order valence-corrected chi connectivity index (χ1v) is 10.2. The summed E-state index contributed by atoms with van der Waals surface area (Å²) in [5.74, 6) is 0.321. The van der Waals surface area contributed by atoms with Crippen LogP contribution in [0.25, 0.3) is 0 Å². The van der Waals surface area contributed by atoms with E-state index >= 15 is 0 Å². The third-order valence-electron chi connectivity index (χ3n) is 5.05. The van der Waals surface area contributed by atoms with Crippen molar-refractivity contribution in [1.82, 2.24) is 9.80 Å². The van der Waals surface area contributed by atoms with Crippen molar-refractivity contribution in [3.05, 3.63) is 59.7 Å². The summed E-state index contributed by atoms with van der Waals surface area (Å²) in [6, 6.07) is 14.3. The largest absolute Gasteiger partial charge is 0.493 e. The Morgan fingerprint density at radius 1 is 1.03 bits per heavy atom. The molecular weight excluding hydrogens is 366 g/mol. The Hall–Kier alpha value is -2.86. The van der Waals surface area contributed by atoms with Crippen LogP contribution in [0, 0.1) is 0 Å². The van der Waals surface area contributed by atoms with Gasteiger partial charge in [-0.1, -0.05) is 31.5 Å². The van der Waals surface area contributed by atoms with Gasteiger partial charge in [-0.25, -0.2) is 0 Å². The van der Waals surface area contributed by atoms with Gasteiger partial charge in [0.2, 0.25) is 0 Å². The molecule has 0 aliphatic carbocycles. The number of hydrogen-bond donors (Lipinski definition) is 1. The Morgan fingerprint density at radius 2 is 1.79 bits per heavy atom. The molecule has 0 aromatic heterocycles. The number of ether oxygens (including phenoxy) is 1. The van der Waals surface area contributed by atoms with E-state index in [1.165, 1.54) is 0 Å². The molecule has 1 heterocycles. The second-order valence-corrected chi connectivity index (χ2v) is 7.33. The number of unbranched alkanes of at least 4 members (excludes halogenated alkanes) is 1. The van der Waals surface area contributed by atoms with Gasteiger partial charge in [0.25, 0.3) is 11.8 Å². The van der Waals surface area contributed by atoms with E-state index in [1.807, 2.05) is 17.0 Å². The lowest BCUT2D eigenvalue weighted by Gasteiger charge is -2.32. The number of benzene rings is 2. The molecule has 0 bridgehead atoms. The standard InChI is InChI=1S/C23H29N3O3/c1-3-4-16-29-21-11-6-5-10-20(21)22(27)24-19-9-7-8-18(17-19)23(28)26-14-12-25(2)13-15-26/h5-11,17H,3-4,12-16H2,1-2H3,(H,24,27). The Morgan fingerprint density at radius 3 is 2.55 bits per heavy atom. The average Bonchev–Trinajstić information content (AvgIpc) is 2.74. The van der Waals surface area contributed by atoms with Crippen LogP contribution in [0.1, 0.15) is 40.5 Å². The summed E-state index contributed by atoms with van der Waals surface area (Å²) in [7, 11) is 2.06. The van der Waals surface area contributed by atoms with Crippen molar-refractivity contribution in [2.75, 3.05) is 45.2 Å². The lowest BCUT2D eigenvalue weighted by molar-refractivity contribution is 0.0664. The summed E-state index contributed by atoms with van der Waals surface area (Å²) in [6.45, 7) is 5.85. The number of anilines is 1. The number of rotatable bonds is 7. The predicted octanol–water partition coefficient (Wildman–Crippen LogP) is 3.51. The third-order valence-corrected chi connectivity index (χ3v) is 5.05. The number of carbonyl (C=O) groups excluding carboxylic acids is 2. The van der Waals surface area contributed by atoms with E-state index in [0.717, 1.165) is 25.9 Å². The van der Waals surface area contributed by atoms with Gasteiger partial charge in [0.15, 0.2) is 0 Å². The highest BCUT2D eigenvalue weighted by Gasteiger charge is 2.21. The maximum Gasteiger partial charge on any atom is 0.259 e. The number of hydrogen-bond acceptors (Lipinski definition) is 4. The van der Waals surface area contributed by atoms with Gasteiger partial charge >= 0.3 is 0 Å². The van der Waals surface area contributed by atoms with E-state index in [4.69, 9.17) is 4.74 Å². The Bertz CT molecular complexity index is 845. The summed E-state index contributed by atoms with van der Waals surface area (Å²) in [4.78, 5) is 29.7. The minimum atomic E-state index is -0.249. The lowest BCUT2D eigenvalue weighted by atomic mass is 10.1. The number of carbonyl (C=O) groups is 2. The first-order valence-electron chi connectivity index (χ1n) is 10.2. The van der Waals surface area contributed by atoms with Crippen LogP contribution in [-0.2, 0) is 0 Å². The maximum atomic E-state index is 12.8. The SMILES string of the molecule is CCCCOc1ccccc1C(=O)Nc1cccc(C(=O)N2CCN(C)CC2)c1. The van der Waals surface area contributed by atoms with Crippen molar-refractivity contribution in [3.63, 3.8) is 0 Å². The van der Waals surface area contributed by atoms with E-state index < -0.39 is 0 Å². The smallest absolute Gasteiger partial charge is 0.259 e. The van der Waals surface area contributed by atoms with Crippen molar-refractivity contribution in [3.8, 4) is 5.75 Å². The number of piperazine rings is 1. The van der Waals surface area contributed by atoms with Gasteiger partial charge in [-0.3, -0.25) is 9.59 Å². The quantitative estimate of drug-likeness (QED) is 0.729. The molecule has 1 aliphatic rings. The van der Waals surface area contributed by atoms with Crippen LogP contribution in [-0.4, -0.2) is 61.4 Å². The van der Waals surface area contributed by atoms with Crippen molar-refractivity contribution >= 4 is 17.5 Å². The third kappa shape index (κ3) is 5.57. The highest BCUT2D eigenvalue weighted by molar-refractivity contribution is 6.06. The van der Waals surface area contributed by atoms with Gasteiger partial charge in [0.1, 0.15) is 5.75 Å². The second-order valence-electron chi connectivity index (χ2n) is 7.33. The summed E-state index contributed by atoms with van der Waals surface area (Å²) in [5.41, 5.74) is 1.66. The fourth-order valence-electron chi connectivity index (χ4n) is 3.23. The molecule has 1 N–H and O–H groups in total. The molecular formula is C23H29N3O3. The Balaban J connectivity index is 1.69. The Labute approximate surface area is 172 Å². The molecule has 2 aromatic rings. The fraction of sp³-hybridized carbons (Fsp3) is 0.391. The zero-order valence-electron chi connectivity index (χ0n) is 17.2. The van der Waals surface area contributed by atoms with Gasteiger partial charge in [-0.2, -0.15) is 0 Å². The molecule has 2 aromatic carbocycles.